The van der Waals surface area contributed by atoms with Crippen molar-refractivity contribution in [2.75, 3.05) is 12.3 Å². The molecule has 5 N–H and O–H groups in total. The lowest BCUT2D eigenvalue weighted by Crippen LogP contribution is -2.28. The molecule has 0 aliphatic carbocycles. The van der Waals surface area contributed by atoms with E-state index in [-0.39, 0.29) is 12.2 Å². The number of nitrogens with zero attached hydrogens (tertiary/aromatic N) is 2. The van der Waals surface area contributed by atoms with Gasteiger partial charge in [-0.15, -0.1) is 0 Å². The minimum Gasteiger partial charge on any atom is -0.394 e. The summed E-state index contributed by atoms with van der Waals surface area (Å²) in [4.78, 5) is 32.8. The Kier molecular flexibility index (Phi) is 4.23. The Labute approximate surface area is 113 Å². The Morgan fingerprint density at radius 3 is 2.85 bits per heavy atom. The fraction of sp³-hybridized carbons (Fsp3) is 0.556. The number of hydrogen-bond acceptors (Lipinski definition) is 7. The van der Waals surface area contributed by atoms with E-state index in [0.29, 0.717) is 0 Å². The highest BCUT2D eigenvalue weighted by Crippen LogP contribution is 2.43. The number of aliphatic hydroxyl groups is 1. The van der Waals surface area contributed by atoms with E-state index in [4.69, 9.17) is 25.4 Å². The van der Waals surface area contributed by atoms with Crippen LogP contribution in [0.1, 0.15) is 12.6 Å². The molecule has 112 valence electrons. The number of aliphatic hydroxyl groups excluding tert-OH is 1. The van der Waals surface area contributed by atoms with E-state index >= 15 is 0 Å². The van der Waals surface area contributed by atoms with Gasteiger partial charge in [-0.1, -0.05) is 0 Å². The van der Waals surface area contributed by atoms with E-state index in [9.17, 15) is 9.36 Å². The predicted octanol–water partition coefficient (Wildman–Crippen LogP) is -1.42. The summed E-state index contributed by atoms with van der Waals surface area (Å²) in [6, 6.07) is 1.38. The van der Waals surface area contributed by atoms with Crippen molar-refractivity contribution in [2.24, 2.45) is 0 Å². The zero-order valence-electron chi connectivity index (χ0n) is 10.2. The van der Waals surface area contributed by atoms with Gasteiger partial charge in [0, 0.05) is 12.6 Å². The van der Waals surface area contributed by atoms with Gasteiger partial charge < -0.3 is 25.4 Å². The summed E-state index contributed by atoms with van der Waals surface area (Å²) < 4.78 is 21.8. The molecule has 11 heteroatoms. The van der Waals surface area contributed by atoms with E-state index in [1.807, 2.05) is 0 Å². The molecule has 0 spiro atoms. The summed E-state index contributed by atoms with van der Waals surface area (Å²) in [5, 5.41) is 9.13. The van der Waals surface area contributed by atoms with Crippen LogP contribution in [0.5, 0.6) is 0 Å². The second-order valence-corrected chi connectivity index (χ2v) is 5.42. The molecule has 1 aliphatic heterocycles. The standard InChI is InChI=1S/C9H14N3O7P/c10-7-1-2-12(9(14)11-7)8-3-5(6(4-13)18-8)19-20(15,16)17/h1-2,5-6,8,13H,3-4H2,(H2,10,11,14)(H2,15,16,17)/t5-,6+,8-/m0/s1. The van der Waals surface area contributed by atoms with Crippen molar-refractivity contribution < 1.29 is 28.7 Å². The molecule has 0 radical (unpaired) electrons. The summed E-state index contributed by atoms with van der Waals surface area (Å²) in [6.07, 6.45) is -1.48. The van der Waals surface area contributed by atoms with Crippen molar-refractivity contribution in [1.82, 2.24) is 9.55 Å². The third-order valence-electron chi connectivity index (χ3n) is 2.79. The van der Waals surface area contributed by atoms with E-state index in [1.54, 1.807) is 0 Å². The lowest BCUT2D eigenvalue weighted by Gasteiger charge is -2.16. The Morgan fingerprint density at radius 1 is 1.60 bits per heavy atom. The first kappa shape index (κ1) is 15.1. The largest absolute Gasteiger partial charge is 0.469 e. The maximum atomic E-state index is 11.6. The zero-order valence-corrected chi connectivity index (χ0v) is 11.1. The van der Waals surface area contributed by atoms with Gasteiger partial charge in [-0.25, -0.2) is 9.36 Å². The molecule has 2 heterocycles. The van der Waals surface area contributed by atoms with Gasteiger partial charge in [0.05, 0.1) is 6.61 Å². The average molecular weight is 307 g/mol. The number of ether oxygens (including phenoxy) is 1. The number of nitrogen functional groups attached to an aromatic ring is 1. The van der Waals surface area contributed by atoms with Crippen molar-refractivity contribution >= 4 is 13.6 Å². The van der Waals surface area contributed by atoms with Crippen molar-refractivity contribution in [2.45, 2.75) is 24.9 Å². The quantitative estimate of drug-likeness (QED) is 0.490. The summed E-state index contributed by atoms with van der Waals surface area (Å²) in [7, 11) is -4.72. The van der Waals surface area contributed by atoms with Crippen LogP contribution in [0.3, 0.4) is 0 Å². The molecular weight excluding hydrogens is 293 g/mol. The van der Waals surface area contributed by atoms with Gasteiger partial charge in [0.15, 0.2) is 0 Å². The molecule has 1 fully saturated rings. The maximum Gasteiger partial charge on any atom is 0.469 e. The molecule has 0 amide bonds. The van der Waals surface area contributed by atoms with E-state index in [1.165, 1.54) is 12.3 Å². The molecule has 0 saturated carbocycles. The minimum absolute atomic E-state index is 0.0121. The number of anilines is 1. The molecule has 1 aromatic heterocycles. The van der Waals surface area contributed by atoms with Crippen LogP contribution in [0.4, 0.5) is 5.82 Å². The number of phosphoric ester groups is 1. The first-order valence-corrected chi connectivity index (χ1v) is 7.18. The second kappa shape index (κ2) is 5.60. The van der Waals surface area contributed by atoms with Gasteiger partial charge in [-0.3, -0.25) is 9.09 Å². The molecule has 1 saturated heterocycles. The van der Waals surface area contributed by atoms with Crippen LogP contribution in [-0.4, -0.2) is 43.3 Å². The van der Waals surface area contributed by atoms with Gasteiger partial charge in [-0.05, 0) is 6.07 Å². The third kappa shape index (κ3) is 3.42. The summed E-state index contributed by atoms with van der Waals surface area (Å²) in [5.41, 5.74) is 4.69. The summed E-state index contributed by atoms with van der Waals surface area (Å²) in [5.74, 6) is 0.0472. The highest BCUT2D eigenvalue weighted by molar-refractivity contribution is 7.46. The lowest BCUT2D eigenvalue weighted by atomic mass is 10.2. The molecule has 0 unspecified atom stereocenters. The Morgan fingerprint density at radius 2 is 2.30 bits per heavy atom. The van der Waals surface area contributed by atoms with Crippen molar-refractivity contribution in [1.29, 1.82) is 0 Å². The van der Waals surface area contributed by atoms with Gasteiger partial charge in [0.1, 0.15) is 24.3 Å². The maximum absolute atomic E-state index is 11.6. The van der Waals surface area contributed by atoms with Gasteiger partial charge >= 0.3 is 13.5 Å². The van der Waals surface area contributed by atoms with Crippen LogP contribution in [0.25, 0.3) is 0 Å². The fourth-order valence-corrected chi connectivity index (χ4v) is 2.54. The van der Waals surface area contributed by atoms with Crippen LogP contribution < -0.4 is 11.4 Å². The molecule has 0 bridgehead atoms. The average Bonchev–Trinajstić information content (AvgIpc) is 2.69. The third-order valence-corrected chi connectivity index (χ3v) is 3.34. The molecule has 10 nitrogen and oxygen atoms in total. The topological polar surface area (TPSA) is 157 Å². The van der Waals surface area contributed by atoms with E-state index in [0.717, 1.165) is 4.57 Å². The smallest absolute Gasteiger partial charge is 0.394 e. The van der Waals surface area contributed by atoms with Gasteiger partial charge in [0.25, 0.3) is 0 Å². The summed E-state index contributed by atoms with van der Waals surface area (Å²) in [6.45, 7) is -0.502. The lowest BCUT2D eigenvalue weighted by molar-refractivity contribution is -0.0452. The second-order valence-electron chi connectivity index (χ2n) is 4.22. The van der Waals surface area contributed by atoms with Crippen molar-refractivity contribution in [3.8, 4) is 0 Å². The molecule has 1 aromatic rings. The first-order valence-electron chi connectivity index (χ1n) is 5.65. The predicted molar refractivity (Wildman–Crippen MR) is 65.4 cm³/mol. The number of rotatable bonds is 4. The van der Waals surface area contributed by atoms with Gasteiger partial charge in [0.2, 0.25) is 0 Å². The summed E-state index contributed by atoms with van der Waals surface area (Å²) >= 11 is 0. The molecule has 1 aliphatic rings. The van der Waals surface area contributed by atoms with Crippen LogP contribution in [-0.2, 0) is 13.8 Å². The highest BCUT2D eigenvalue weighted by atomic mass is 31.2. The Hall–Kier alpha value is -1.29. The number of phosphoric acid groups is 1. The van der Waals surface area contributed by atoms with Crippen LogP contribution in [0, 0.1) is 0 Å². The molecule has 2 rings (SSSR count). The SMILES string of the molecule is Nc1ccn([C@@H]2C[C@H](OP(=O)(O)O)[C@@H](CO)O2)c(=O)n1. The Balaban J connectivity index is 2.20. The van der Waals surface area contributed by atoms with Crippen LogP contribution >= 0.6 is 7.82 Å². The number of aromatic nitrogens is 2. The molecule has 20 heavy (non-hydrogen) atoms. The normalized spacial score (nSPS) is 26.9. The van der Waals surface area contributed by atoms with Crippen LogP contribution in [0.2, 0.25) is 0 Å². The number of hydrogen-bond donors (Lipinski definition) is 4. The monoisotopic (exact) mass is 307 g/mol. The number of nitrogens with two attached hydrogens (primary N) is 1. The first-order chi connectivity index (χ1) is 9.30. The van der Waals surface area contributed by atoms with Gasteiger partial charge in [-0.2, -0.15) is 4.98 Å². The van der Waals surface area contributed by atoms with E-state index in [2.05, 4.69) is 9.51 Å². The van der Waals surface area contributed by atoms with Crippen molar-refractivity contribution in [3.63, 3.8) is 0 Å². The minimum atomic E-state index is -4.72. The highest BCUT2D eigenvalue weighted by Gasteiger charge is 2.40. The fourth-order valence-electron chi connectivity index (χ4n) is 1.97. The molecule has 3 atom stereocenters. The van der Waals surface area contributed by atoms with E-state index < -0.39 is 38.6 Å². The molecule has 0 aromatic carbocycles. The molecular formula is C9H14N3O7P. The zero-order chi connectivity index (χ0) is 14.9. The van der Waals surface area contributed by atoms with Crippen molar-refractivity contribution in [3.05, 3.63) is 22.7 Å². The Bertz CT molecular complexity index is 585. The van der Waals surface area contributed by atoms with Crippen LogP contribution in [0.15, 0.2) is 17.1 Å².